The van der Waals surface area contributed by atoms with Crippen molar-refractivity contribution in [3.05, 3.63) is 88.7 Å². The van der Waals surface area contributed by atoms with Gasteiger partial charge in [0.25, 0.3) is 5.91 Å². The van der Waals surface area contributed by atoms with Gasteiger partial charge in [-0.05, 0) is 60.9 Å². The molecule has 10 heteroatoms. The first-order valence-corrected chi connectivity index (χ1v) is 14.8. The van der Waals surface area contributed by atoms with E-state index in [1.165, 1.54) is 10.6 Å². The third-order valence-corrected chi connectivity index (χ3v) is 8.73. The van der Waals surface area contributed by atoms with Gasteiger partial charge in [-0.3, -0.25) is 9.10 Å². The van der Waals surface area contributed by atoms with Gasteiger partial charge in [-0.25, -0.2) is 13.4 Å². The van der Waals surface area contributed by atoms with E-state index in [1.807, 2.05) is 29.2 Å². The van der Waals surface area contributed by atoms with Gasteiger partial charge in [0.2, 0.25) is 10.0 Å². The van der Waals surface area contributed by atoms with Crippen LogP contribution in [0.25, 0.3) is 11.0 Å². The second kappa shape index (κ2) is 9.63. The molecule has 38 heavy (non-hydrogen) atoms. The first kappa shape index (κ1) is 24.8. The maximum Gasteiger partial charge on any atom is 0.253 e. The highest BCUT2D eigenvalue weighted by Gasteiger charge is 2.36. The fourth-order valence-electron chi connectivity index (χ4n) is 5.38. The number of nitrogens with zero attached hydrogens (tertiary/aromatic N) is 3. The van der Waals surface area contributed by atoms with Crippen LogP contribution in [-0.2, 0) is 10.0 Å². The van der Waals surface area contributed by atoms with Crippen molar-refractivity contribution in [2.75, 3.05) is 30.3 Å². The Kier molecular flexibility index (Phi) is 6.28. The molecular weight excluding hydrogens is 524 g/mol. The molecule has 1 atom stereocenters. The number of aromatic nitrogens is 2. The number of aromatic amines is 1. The molecule has 0 radical (unpaired) electrons. The van der Waals surface area contributed by atoms with E-state index in [2.05, 4.69) is 4.98 Å². The van der Waals surface area contributed by atoms with Crippen molar-refractivity contribution < 1.29 is 17.9 Å². The zero-order valence-electron chi connectivity index (χ0n) is 20.8. The number of rotatable bonds is 4. The Morgan fingerprint density at radius 1 is 1.05 bits per heavy atom. The highest BCUT2D eigenvalue weighted by Crippen LogP contribution is 2.42. The van der Waals surface area contributed by atoms with E-state index in [4.69, 9.17) is 21.3 Å². The monoisotopic (exact) mass is 550 g/mol. The van der Waals surface area contributed by atoms with Crippen molar-refractivity contribution >= 4 is 44.3 Å². The summed E-state index contributed by atoms with van der Waals surface area (Å²) >= 11 is 6.02. The Labute approximate surface area is 226 Å². The van der Waals surface area contributed by atoms with E-state index in [-0.39, 0.29) is 18.4 Å². The molecular formula is C28H27ClN4O4S. The van der Waals surface area contributed by atoms with Gasteiger partial charge in [0, 0.05) is 29.6 Å². The van der Waals surface area contributed by atoms with Crippen molar-refractivity contribution in [3.63, 3.8) is 0 Å². The van der Waals surface area contributed by atoms with E-state index >= 15 is 0 Å². The fourth-order valence-corrected chi connectivity index (χ4v) is 6.66. The summed E-state index contributed by atoms with van der Waals surface area (Å²) in [7, 11) is -3.63. The van der Waals surface area contributed by atoms with Crippen LogP contribution in [0.2, 0.25) is 5.02 Å². The van der Waals surface area contributed by atoms with Crippen LogP contribution in [0.1, 0.15) is 46.5 Å². The Hall–Kier alpha value is -3.56. The van der Waals surface area contributed by atoms with E-state index in [9.17, 15) is 13.2 Å². The summed E-state index contributed by atoms with van der Waals surface area (Å²) in [6.07, 6.45) is 2.81. The van der Waals surface area contributed by atoms with Crippen molar-refractivity contribution in [3.8, 4) is 5.75 Å². The van der Waals surface area contributed by atoms with Crippen LogP contribution in [0.15, 0.2) is 66.7 Å². The summed E-state index contributed by atoms with van der Waals surface area (Å²) in [4.78, 5) is 23.4. The second-order valence-electron chi connectivity index (χ2n) is 9.83. The summed E-state index contributed by atoms with van der Waals surface area (Å²) in [5.41, 5.74) is 3.65. The van der Waals surface area contributed by atoms with Crippen LogP contribution in [0.5, 0.6) is 5.75 Å². The van der Waals surface area contributed by atoms with Gasteiger partial charge in [-0.2, -0.15) is 0 Å². The summed E-state index contributed by atoms with van der Waals surface area (Å²) in [6, 6.07) is 19.5. The van der Waals surface area contributed by atoms with Crippen LogP contribution in [0.4, 0.5) is 5.69 Å². The molecule has 2 aliphatic rings. The lowest BCUT2D eigenvalue weighted by Crippen LogP contribution is -2.41. The predicted molar refractivity (Wildman–Crippen MR) is 147 cm³/mol. The lowest BCUT2D eigenvalue weighted by Gasteiger charge is -2.37. The number of H-pyrrole nitrogens is 1. The number of imidazole rings is 1. The van der Waals surface area contributed by atoms with Crippen molar-refractivity contribution in [1.82, 2.24) is 14.9 Å². The second-order valence-corrected chi connectivity index (χ2v) is 12.1. The Bertz CT molecular complexity index is 1580. The number of hydrogen-bond donors (Lipinski definition) is 1. The molecule has 0 saturated carbocycles. The van der Waals surface area contributed by atoms with Gasteiger partial charge >= 0.3 is 0 Å². The molecule has 1 amide bonds. The SMILES string of the molecule is CS(=O)(=O)N1c2ccc(C(=O)N3CCC(c4nc5ccccc5[nH]4)CC3)cc2OCC1c1ccc(Cl)cc1. The van der Waals surface area contributed by atoms with Crippen molar-refractivity contribution in [2.45, 2.75) is 24.8 Å². The number of ether oxygens (including phenoxy) is 1. The number of carbonyl (C=O) groups is 1. The van der Waals surface area contributed by atoms with Crippen LogP contribution in [0.3, 0.4) is 0 Å². The van der Waals surface area contributed by atoms with Crippen LogP contribution >= 0.6 is 11.6 Å². The number of likely N-dealkylation sites (tertiary alicyclic amines) is 1. The first-order valence-electron chi connectivity index (χ1n) is 12.5. The molecule has 0 spiro atoms. The molecule has 0 aliphatic carbocycles. The first-order chi connectivity index (χ1) is 18.3. The minimum Gasteiger partial charge on any atom is -0.489 e. The Morgan fingerprint density at radius 3 is 2.50 bits per heavy atom. The number of anilines is 1. The molecule has 196 valence electrons. The average molecular weight is 551 g/mol. The highest BCUT2D eigenvalue weighted by molar-refractivity contribution is 7.92. The number of para-hydroxylation sites is 2. The molecule has 6 rings (SSSR count). The van der Waals surface area contributed by atoms with E-state index < -0.39 is 16.1 Å². The number of amides is 1. The summed E-state index contributed by atoms with van der Waals surface area (Å²) in [6.45, 7) is 1.36. The minimum atomic E-state index is -3.63. The highest BCUT2D eigenvalue weighted by atomic mass is 35.5. The summed E-state index contributed by atoms with van der Waals surface area (Å²) < 4.78 is 33.0. The normalized spacial score (nSPS) is 18.3. The Morgan fingerprint density at radius 2 is 1.79 bits per heavy atom. The van der Waals surface area contributed by atoms with Gasteiger partial charge in [0.05, 0.1) is 23.0 Å². The number of halogens is 1. The number of carbonyl (C=O) groups excluding carboxylic acids is 1. The molecule has 8 nitrogen and oxygen atoms in total. The maximum absolute atomic E-state index is 13.4. The average Bonchev–Trinajstić information content (AvgIpc) is 3.36. The maximum atomic E-state index is 13.4. The number of hydrogen-bond acceptors (Lipinski definition) is 5. The largest absolute Gasteiger partial charge is 0.489 e. The van der Waals surface area contributed by atoms with Gasteiger partial charge in [-0.1, -0.05) is 35.9 Å². The molecule has 1 N–H and O–H groups in total. The molecule has 3 aromatic carbocycles. The number of fused-ring (bicyclic) bond motifs is 2. The molecule has 0 bridgehead atoms. The lowest BCUT2D eigenvalue weighted by molar-refractivity contribution is 0.0710. The Balaban J connectivity index is 1.20. The van der Waals surface area contributed by atoms with E-state index in [0.29, 0.717) is 35.1 Å². The van der Waals surface area contributed by atoms with Gasteiger partial charge in [-0.15, -0.1) is 0 Å². The zero-order chi connectivity index (χ0) is 26.4. The third-order valence-electron chi connectivity index (χ3n) is 7.31. The molecule has 4 aromatic rings. The van der Waals surface area contributed by atoms with Crippen LogP contribution in [0, 0.1) is 0 Å². The summed E-state index contributed by atoms with van der Waals surface area (Å²) in [5, 5.41) is 0.571. The lowest BCUT2D eigenvalue weighted by atomic mass is 9.95. The number of nitrogens with one attached hydrogen (secondary N) is 1. The number of sulfonamides is 1. The molecule has 2 aliphatic heterocycles. The topological polar surface area (TPSA) is 95.6 Å². The van der Waals surface area contributed by atoms with E-state index in [0.717, 1.165) is 35.3 Å². The van der Waals surface area contributed by atoms with Crippen molar-refractivity contribution in [1.29, 1.82) is 0 Å². The van der Waals surface area contributed by atoms with Crippen molar-refractivity contribution in [2.24, 2.45) is 0 Å². The van der Waals surface area contributed by atoms with Gasteiger partial charge in [0.1, 0.15) is 24.2 Å². The standard InChI is InChI=1S/C28H27ClN4O4S/c1-38(35,36)33-24-11-8-20(16-26(24)37-17-25(33)18-6-9-21(29)10-7-18)28(34)32-14-12-19(13-15-32)27-30-22-4-2-3-5-23(22)31-27/h2-11,16,19,25H,12-15,17H2,1H3,(H,30,31). The predicted octanol–water partition coefficient (Wildman–Crippen LogP) is 5.14. The number of piperidine rings is 1. The molecule has 1 saturated heterocycles. The fraction of sp³-hybridized carbons (Fsp3) is 0.286. The summed E-state index contributed by atoms with van der Waals surface area (Å²) in [5.74, 6) is 1.52. The quantitative estimate of drug-likeness (QED) is 0.380. The van der Waals surface area contributed by atoms with Gasteiger partial charge in [0.15, 0.2) is 0 Å². The molecule has 1 fully saturated rings. The van der Waals surface area contributed by atoms with Crippen LogP contribution in [-0.4, -0.2) is 55.1 Å². The van der Waals surface area contributed by atoms with Gasteiger partial charge < -0.3 is 14.6 Å². The third kappa shape index (κ3) is 4.61. The smallest absolute Gasteiger partial charge is 0.253 e. The van der Waals surface area contributed by atoms with E-state index in [1.54, 1.807) is 42.5 Å². The molecule has 3 heterocycles. The zero-order valence-corrected chi connectivity index (χ0v) is 22.4. The minimum absolute atomic E-state index is 0.0924. The number of benzene rings is 3. The molecule has 1 aromatic heterocycles. The molecule has 1 unspecified atom stereocenters. The van der Waals surface area contributed by atoms with Crippen LogP contribution < -0.4 is 9.04 Å².